The SMILES string of the molecule is CC(C)[C@@H]1O[C@H](COC(=O)c2ccccc2)[C@@H](O)[C@H](N(C)C)[C@H]1O. The van der Waals surface area contributed by atoms with Crippen molar-refractivity contribution < 1.29 is 24.5 Å². The molecule has 6 nitrogen and oxygen atoms in total. The first-order chi connectivity index (χ1) is 11.3. The van der Waals surface area contributed by atoms with Crippen LogP contribution in [0.15, 0.2) is 30.3 Å². The average molecular weight is 337 g/mol. The van der Waals surface area contributed by atoms with Gasteiger partial charge >= 0.3 is 5.97 Å². The van der Waals surface area contributed by atoms with Crippen LogP contribution >= 0.6 is 0 Å². The highest BCUT2D eigenvalue weighted by Gasteiger charge is 2.46. The van der Waals surface area contributed by atoms with Crippen LogP contribution in [0.4, 0.5) is 0 Å². The summed E-state index contributed by atoms with van der Waals surface area (Å²) < 4.78 is 11.1. The Balaban J connectivity index is 2.06. The third-order valence-electron chi connectivity index (χ3n) is 4.39. The second kappa shape index (κ2) is 8.07. The van der Waals surface area contributed by atoms with Gasteiger partial charge in [-0.25, -0.2) is 4.79 Å². The average Bonchev–Trinajstić information content (AvgIpc) is 2.54. The molecule has 2 rings (SSSR count). The van der Waals surface area contributed by atoms with E-state index in [1.165, 1.54) is 0 Å². The number of ether oxygens (including phenoxy) is 2. The fourth-order valence-electron chi connectivity index (χ4n) is 3.09. The molecule has 0 amide bonds. The Morgan fingerprint density at radius 2 is 1.83 bits per heavy atom. The van der Waals surface area contributed by atoms with Gasteiger partial charge in [-0.1, -0.05) is 32.0 Å². The van der Waals surface area contributed by atoms with Gasteiger partial charge in [0.15, 0.2) is 0 Å². The molecule has 0 aromatic heterocycles. The molecular weight excluding hydrogens is 310 g/mol. The van der Waals surface area contributed by atoms with E-state index in [0.717, 1.165) is 0 Å². The number of hydrogen-bond acceptors (Lipinski definition) is 6. The van der Waals surface area contributed by atoms with Gasteiger partial charge in [-0.15, -0.1) is 0 Å². The van der Waals surface area contributed by atoms with Gasteiger partial charge in [-0.05, 0) is 32.1 Å². The number of rotatable bonds is 5. The molecule has 1 aliphatic heterocycles. The lowest BCUT2D eigenvalue weighted by Crippen LogP contribution is -2.64. The standard InChI is InChI=1S/C18H27NO5/c1-11(2)17-16(21)14(19(3)4)15(20)13(24-17)10-23-18(22)12-8-6-5-7-9-12/h5-9,11,13-17,20-21H,10H2,1-4H3/t13-,14+,15-,16-,17+/m1/s1. The van der Waals surface area contributed by atoms with E-state index in [-0.39, 0.29) is 12.5 Å². The monoisotopic (exact) mass is 337 g/mol. The summed E-state index contributed by atoms with van der Waals surface area (Å²) >= 11 is 0. The maximum absolute atomic E-state index is 12.1. The smallest absolute Gasteiger partial charge is 0.338 e. The van der Waals surface area contributed by atoms with Gasteiger partial charge in [0.05, 0.1) is 23.8 Å². The molecule has 0 radical (unpaired) electrons. The molecule has 1 aromatic carbocycles. The van der Waals surface area contributed by atoms with Crippen LogP contribution in [0.2, 0.25) is 0 Å². The van der Waals surface area contributed by atoms with Gasteiger partial charge in [-0.3, -0.25) is 0 Å². The molecule has 1 aromatic rings. The van der Waals surface area contributed by atoms with E-state index in [9.17, 15) is 15.0 Å². The minimum Gasteiger partial charge on any atom is -0.459 e. The minimum atomic E-state index is -0.950. The number of aliphatic hydroxyl groups is 2. The maximum atomic E-state index is 12.1. The van der Waals surface area contributed by atoms with E-state index < -0.39 is 36.4 Å². The van der Waals surface area contributed by atoms with E-state index in [1.807, 2.05) is 19.9 Å². The first-order valence-corrected chi connectivity index (χ1v) is 8.23. The summed E-state index contributed by atoms with van der Waals surface area (Å²) in [6.45, 7) is 3.84. The van der Waals surface area contributed by atoms with Crippen molar-refractivity contribution in [3.05, 3.63) is 35.9 Å². The molecule has 0 bridgehead atoms. The lowest BCUT2D eigenvalue weighted by Gasteiger charge is -2.46. The van der Waals surface area contributed by atoms with Crippen LogP contribution in [-0.4, -0.2) is 72.2 Å². The Kier molecular flexibility index (Phi) is 6.34. The van der Waals surface area contributed by atoms with Crippen LogP contribution in [0.3, 0.4) is 0 Å². The molecule has 5 atom stereocenters. The number of benzene rings is 1. The van der Waals surface area contributed by atoms with E-state index in [4.69, 9.17) is 9.47 Å². The molecule has 1 heterocycles. The van der Waals surface area contributed by atoms with Crippen molar-refractivity contribution in [2.75, 3.05) is 20.7 Å². The molecule has 134 valence electrons. The molecule has 1 saturated heterocycles. The Bertz CT molecular complexity index is 533. The van der Waals surface area contributed by atoms with Crippen molar-refractivity contribution in [1.82, 2.24) is 4.90 Å². The number of carbonyl (C=O) groups excluding carboxylic acids is 1. The minimum absolute atomic E-state index is 0.0603. The predicted octanol–water partition coefficient (Wildman–Crippen LogP) is 0.919. The lowest BCUT2D eigenvalue weighted by atomic mass is 9.87. The molecular formula is C18H27NO5. The molecule has 0 unspecified atom stereocenters. The molecule has 1 fully saturated rings. The number of esters is 1. The number of likely N-dealkylation sites (N-methyl/N-ethyl adjacent to an activating group) is 1. The van der Waals surface area contributed by atoms with Gasteiger partial charge < -0.3 is 24.6 Å². The first-order valence-electron chi connectivity index (χ1n) is 8.23. The highest BCUT2D eigenvalue weighted by Crippen LogP contribution is 2.28. The zero-order valence-electron chi connectivity index (χ0n) is 14.6. The zero-order valence-corrected chi connectivity index (χ0v) is 14.6. The van der Waals surface area contributed by atoms with E-state index in [1.54, 1.807) is 43.3 Å². The van der Waals surface area contributed by atoms with E-state index in [2.05, 4.69) is 0 Å². The van der Waals surface area contributed by atoms with Crippen molar-refractivity contribution in [2.24, 2.45) is 5.92 Å². The zero-order chi connectivity index (χ0) is 17.9. The van der Waals surface area contributed by atoms with Crippen molar-refractivity contribution in [3.8, 4) is 0 Å². The van der Waals surface area contributed by atoms with Crippen LogP contribution in [0, 0.1) is 5.92 Å². The maximum Gasteiger partial charge on any atom is 0.338 e. The second-order valence-corrected chi connectivity index (χ2v) is 6.78. The lowest BCUT2D eigenvalue weighted by molar-refractivity contribution is -0.219. The third-order valence-corrected chi connectivity index (χ3v) is 4.39. The summed E-state index contributed by atoms with van der Waals surface area (Å²) in [6.07, 6.45) is -2.87. The van der Waals surface area contributed by atoms with Crippen LogP contribution in [0.25, 0.3) is 0 Å². The summed E-state index contributed by atoms with van der Waals surface area (Å²) in [5.41, 5.74) is 0.451. The molecule has 0 saturated carbocycles. The molecule has 6 heteroatoms. The number of aliphatic hydroxyl groups excluding tert-OH is 2. The van der Waals surface area contributed by atoms with Gasteiger partial charge in [0.25, 0.3) is 0 Å². The Labute approximate surface area is 143 Å². The number of hydrogen-bond donors (Lipinski definition) is 2. The van der Waals surface area contributed by atoms with Gasteiger partial charge in [0, 0.05) is 0 Å². The Morgan fingerprint density at radius 1 is 1.21 bits per heavy atom. The van der Waals surface area contributed by atoms with E-state index >= 15 is 0 Å². The largest absolute Gasteiger partial charge is 0.459 e. The van der Waals surface area contributed by atoms with Crippen LogP contribution in [0.1, 0.15) is 24.2 Å². The summed E-state index contributed by atoms with van der Waals surface area (Å²) in [6, 6.07) is 8.20. The summed E-state index contributed by atoms with van der Waals surface area (Å²) in [4.78, 5) is 13.8. The Morgan fingerprint density at radius 3 is 2.38 bits per heavy atom. The Hall–Kier alpha value is -1.47. The predicted molar refractivity (Wildman–Crippen MR) is 89.7 cm³/mol. The fraction of sp³-hybridized carbons (Fsp3) is 0.611. The third kappa shape index (κ3) is 4.13. The van der Waals surface area contributed by atoms with Crippen LogP contribution in [0.5, 0.6) is 0 Å². The van der Waals surface area contributed by atoms with Crippen molar-refractivity contribution in [1.29, 1.82) is 0 Å². The highest BCUT2D eigenvalue weighted by atomic mass is 16.6. The highest BCUT2D eigenvalue weighted by molar-refractivity contribution is 5.89. The number of nitrogens with zero attached hydrogens (tertiary/aromatic N) is 1. The summed E-state index contributed by atoms with van der Waals surface area (Å²) in [5, 5.41) is 21.0. The quantitative estimate of drug-likeness (QED) is 0.778. The van der Waals surface area contributed by atoms with Crippen molar-refractivity contribution >= 4 is 5.97 Å². The molecule has 0 spiro atoms. The van der Waals surface area contributed by atoms with Gasteiger partial charge in [-0.2, -0.15) is 0 Å². The van der Waals surface area contributed by atoms with Gasteiger partial charge in [0.2, 0.25) is 0 Å². The van der Waals surface area contributed by atoms with E-state index in [0.29, 0.717) is 5.56 Å². The fourth-order valence-corrected chi connectivity index (χ4v) is 3.09. The normalized spacial score (nSPS) is 30.6. The first kappa shape index (κ1) is 18.9. The van der Waals surface area contributed by atoms with Gasteiger partial charge in [0.1, 0.15) is 18.8 Å². The molecule has 2 N–H and O–H groups in total. The topological polar surface area (TPSA) is 79.2 Å². The van der Waals surface area contributed by atoms with Crippen LogP contribution < -0.4 is 0 Å². The summed E-state index contributed by atoms with van der Waals surface area (Å²) in [5.74, 6) is -0.387. The van der Waals surface area contributed by atoms with Crippen molar-refractivity contribution in [3.63, 3.8) is 0 Å². The molecule has 24 heavy (non-hydrogen) atoms. The second-order valence-electron chi connectivity index (χ2n) is 6.78. The number of carbonyl (C=O) groups is 1. The molecule has 1 aliphatic rings. The van der Waals surface area contributed by atoms with Crippen molar-refractivity contribution in [2.45, 2.75) is 44.3 Å². The van der Waals surface area contributed by atoms with Crippen LogP contribution in [-0.2, 0) is 9.47 Å². The summed E-state index contributed by atoms with van der Waals surface area (Å²) in [7, 11) is 3.60. The molecule has 0 aliphatic carbocycles.